The highest BCUT2D eigenvalue weighted by Gasteiger charge is 2.09. The first kappa shape index (κ1) is 14.3. The van der Waals surface area contributed by atoms with Crippen LogP contribution in [0.3, 0.4) is 0 Å². The van der Waals surface area contributed by atoms with E-state index in [1.807, 2.05) is 27.7 Å². The first-order chi connectivity index (χ1) is 6.95. The van der Waals surface area contributed by atoms with E-state index >= 15 is 0 Å². The van der Waals surface area contributed by atoms with E-state index in [0.29, 0.717) is 6.61 Å². The van der Waals surface area contributed by atoms with Gasteiger partial charge < -0.3 is 9.84 Å². The molecule has 0 radical (unpaired) electrons. The molecule has 2 N–H and O–H groups in total. The van der Waals surface area contributed by atoms with Crippen LogP contribution in [0.2, 0.25) is 0 Å². The summed E-state index contributed by atoms with van der Waals surface area (Å²) in [6.45, 7) is 8.62. The average Bonchev–Trinajstić information content (AvgIpc) is 2.13. The minimum Gasteiger partial charge on any atom is -0.499 e. The number of hydroxylamine groups is 1. The van der Waals surface area contributed by atoms with Gasteiger partial charge in [-0.2, -0.15) is 0 Å². The van der Waals surface area contributed by atoms with E-state index < -0.39 is 0 Å². The van der Waals surface area contributed by atoms with E-state index in [1.165, 1.54) is 0 Å². The van der Waals surface area contributed by atoms with Crippen molar-refractivity contribution in [3.05, 3.63) is 12.0 Å². The molecule has 0 aliphatic heterocycles. The average molecular weight is 217 g/mol. The molecule has 0 rings (SSSR count). The molecule has 0 spiro atoms. The maximum Gasteiger partial charge on any atom is 0.104 e. The van der Waals surface area contributed by atoms with Crippen molar-refractivity contribution in [2.24, 2.45) is 0 Å². The molecule has 0 aromatic heterocycles. The Hall–Kier alpha value is -0.740. The number of ether oxygens (including phenoxy) is 1. The first-order valence-electron chi connectivity index (χ1n) is 5.29. The molecule has 0 aliphatic rings. The van der Waals surface area contributed by atoms with Crippen LogP contribution in [0, 0.1) is 0 Å². The van der Waals surface area contributed by atoms with Gasteiger partial charge >= 0.3 is 0 Å². The lowest BCUT2D eigenvalue weighted by atomic mass is 10.2. The highest BCUT2D eigenvalue weighted by molar-refractivity contribution is 4.86. The van der Waals surface area contributed by atoms with Gasteiger partial charge in [0.1, 0.15) is 6.26 Å². The van der Waals surface area contributed by atoms with Crippen LogP contribution in [0.1, 0.15) is 40.5 Å². The van der Waals surface area contributed by atoms with Crippen molar-refractivity contribution in [3.63, 3.8) is 0 Å². The summed E-state index contributed by atoms with van der Waals surface area (Å²) in [5, 5.41) is 8.55. The number of aliphatic hydroxyl groups excluding tert-OH is 1. The van der Waals surface area contributed by atoms with Crippen LogP contribution in [0.15, 0.2) is 12.0 Å². The summed E-state index contributed by atoms with van der Waals surface area (Å²) < 4.78 is 5.25. The van der Waals surface area contributed by atoms with Crippen LogP contribution in [0.4, 0.5) is 0 Å². The molecular weight excluding hydrogens is 194 g/mol. The van der Waals surface area contributed by atoms with Gasteiger partial charge in [-0.15, -0.1) is 0 Å². The van der Waals surface area contributed by atoms with E-state index in [4.69, 9.17) is 14.7 Å². The Morgan fingerprint density at radius 1 is 1.33 bits per heavy atom. The molecule has 0 aromatic rings. The molecule has 0 atom stereocenters. The van der Waals surface area contributed by atoms with Gasteiger partial charge in [-0.05, 0) is 40.5 Å². The molecule has 0 bridgehead atoms. The fraction of sp³-hybridized carbons (Fsp3) is 0.818. The topological polar surface area (TPSA) is 50.7 Å². The van der Waals surface area contributed by atoms with Gasteiger partial charge in [0.15, 0.2) is 0 Å². The van der Waals surface area contributed by atoms with Crippen LogP contribution in [0.25, 0.3) is 0 Å². The predicted octanol–water partition coefficient (Wildman–Crippen LogP) is 1.96. The van der Waals surface area contributed by atoms with Gasteiger partial charge in [-0.1, -0.05) is 0 Å². The van der Waals surface area contributed by atoms with Crippen molar-refractivity contribution in [2.75, 3.05) is 13.2 Å². The lowest BCUT2D eigenvalue weighted by Gasteiger charge is -2.19. The normalized spacial score (nSPS) is 12.7. The Balaban J connectivity index is 3.52. The van der Waals surface area contributed by atoms with Crippen molar-refractivity contribution in [3.8, 4) is 0 Å². The molecule has 90 valence electrons. The number of hydrogen-bond donors (Lipinski definition) is 2. The summed E-state index contributed by atoms with van der Waals surface area (Å²) >= 11 is 0. The molecule has 0 aliphatic carbocycles. The summed E-state index contributed by atoms with van der Waals surface area (Å²) in [7, 11) is 0. The molecule has 0 fully saturated rings. The third-order valence-electron chi connectivity index (χ3n) is 1.45. The molecule has 0 amide bonds. The molecule has 0 unspecified atom stereocenters. The van der Waals surface area contributed by atoms with Gasteiger partial charge in [-0.25, -0.2) is 0 Å². The summed E-state index contributed by atoms with van der Waals surface area (Å²) in [5.74, 6) is 0. The Morgan fingerprint density at radius 3 is 2.53 bits per heavy atom. The minimum atomic E-state index is -0.216. The summed E-state index contributed by atoms with van der Waals surface area (Å²) in [5.41, 5.74) is 3.41. The van der Waals surface area contributed by atoms with E-state index in [-0.39, 0.29) is 12.2 Å². The highest BCUT2D eigenvalue weighted by Crippen LogP contribution is 2.05. The Morgan fingerprint density at radius 2 is 2.00 bits per heavy atom. The fourth-order valence-electron chi connectivity index (χ4n) is 0.739. The number of aliphatic hydroxyl groups is 1. The van der Waals surface area contributed by atoms with Crippen molar-refractivity contribution in [2.45, 2.75) is 46.1 Å². The number of hydrogen-bond acceptors (Lipinski definition) is 4. The smallest absolute Gasteiger partial charge is 0.104 e. The Bertz CT molecular complexity index is 185. The maximum atomic E-state index is 8.55. The maximum absolute atomic E-state index is 8.55. The zero-order valence-corrected chi connectivity index (χ0v) is 10.2. The fourth-order valence-corrected chi connectivity index (χ4v) is 0.739. The largest absolute Gasteiger partial charge is 0.499 e. The number of rotatable bonds is 7. The first-order valence-corrected chi connectivity index (χ1v) is 5.29. The van der Waals surface area contributed by atoms with Crippen LogP contribution in [0.5, 0.6) is 0 Å². The zero-order valence-electron chi connectivity index (χ0n) is 10.2. The van der Waals surface area contributed by atoms with E-state index in [9.17, 15) is 0 Å². The number of nitrogens with one attached hydrogen (secondary N) is 1. The van der Waals surface area contributed by atoms with Gasteiger partial charge in [-0.3, -0.25) is 10.3 Å². The summed E-state index contributed by atoms with van der Waals surface area (Å²) in [6, 6.07) is 0. The zero-order chi connectivity index (χ0) is 11.7. The van der Waals surface area contributed by atoms with Crippen molar-refractivity contribution >= 4 is 0 Å². The van der Waals surface area contributed by atoms with Gasteiger partial charge in [0.25, 0.3) is 0 Å². The minimum absolute atomic E-state index is 0.216. The van der Waals surface area contributed by atoms with Crippen molar-refractivity contribution in [1.29, 1.82) is 0 Å². The second-order valence-electron chi connectivity index (χ2n) is 4.42. The van der Waals surface area contributed by atoms with Crippen LogP contribution in [-0.2, 0) is 9.57 Å². The molecule has 0 aromatic carbocycles. The Labute approximate surface area is 92.2 Å². The quantitative estimate of drug-likeness (QED) is 0.389. The molecule has 4 heteroatoms. The van der Waals surface area contributed by atoms with Crippen LogP contribution < -0.4 is 5.48 Å². The molecular formula is C11H23NO3. The highest BCUT2D eigenvalue weighted by atomic mass is 16.7. The predicted molar refractivity (Wildman–Crippen MR) is 60.0 cm³/mol. The number of unbranched alkanes of at least 4 members (excludes halogenated alkanes) is 1. The molecule has 0 saturated heterocycles. The van der Waals surface area contributed by atoms with E-state index in [0.717, 1.165) is 18.5 Å². The van der Waals surface area contributed by atoms with Gasteiger partial charge in [0.2, 0.25) is 0 Å². The third kappa shape index (κ3) is 11.2. The Kier molecular flexibility index (Phi) is 7.17. The SMILES string of the molecule is CC(=COCCCCO)NOC(C)(C)C. The second-order valence-corrected chi connectivity index (χ2v) is 4.42. The van der Waals surface area contributed by atoms with Gasteiger partial charge in [0, 0.05) is 6.61 Å². The standard InChI is InChI=1S/C11H23NO3/c1-10(12-15-11(2,3)4)9-14-8-6-5-7-13/h9,12-13H,5-8H2,1-4H3. The molecule has 15 heavy (non-hydrogen) atoms. The van der Waals surface area contributed by atoms with E-state index in [1.54, 1.807) is 6.26 Å². The van der Waals surface area contributed by atoms with Crippen LogP contribution >= 0.6 is 0 Å². The summed E-state index contributed by atoms with van der Waals surface area (Å²) in [6.07, 6.45) is 3.27. The lowest BCUT2D eigenvalue weighted by molar-refractivity contribution is -0.0589. The van der Waals surface area contributed by atoms with Gasteiger partial charge in [0.05, 0.1) is 17.9 Å². The summed E-state index contributed by atoms with van der Waals surface area (Å²) in [4.78, 5) is 5.33. The molecule has 0 heterocycles. The third-order valence-corrected chi connectivity index (χ3v) is 1.45. The molecule has 0 saturated carbocycles. The molecule has 4 nitrogen and oxygen atoms in total. The lowest BCUT2D eigenvalue weighted by Crippen LogP contribution is -2.28. The number of allylic oxidation sites excluding steroid dienone is 1. The monoisotopic (exact) mass is 217 g/mol. The van der Waals surface area contributed by atoms with Crippen LogP contribution in [-0.4, -0.2) is 23.9 Å². The van der Waals surface area contributed by atoms with E-state index in [2.05, 4.69) is 5.48 Å². The second kappa shape index (κ2) is 7.54. The van der Waals surface area contributed by atoms with Crippen molar-refractivity contribution < 1.29 is 14.7 Å². The van der Waals surface area contributed by atoms with Crippen molar-refractivity contribution in [1.82, 2.24) is 5.48 Å².